The van der Waals surface area contributed by atoms with E-state index in [1.165, 1.54) is 18.2 Å². The van der Waals surface area contributed by atoms with Gasteiger partial charge in [-0.1, -0.05) is 0 Å². The lowest BCUT2D eigenvalue weighted by Crippen LogP contribution is -2.21. The van der Waals surface area contributed by atoms with Crippen LogP contribution >= 0.6 is 0 Å². The van der Waals surface area contributed by atoms with E-state index in [-0.39, 0.29) is 6.04 Å². The van der Waals surface area contributed by atoms with Crippen LogP contribution in [0.3, 0.4) is 0 Å². The highest BCUT2D eigenvalue weighted by Crippen LogP contribution is 2.27. The molecule has 0 radical (unpaired) electrons. The van der Waals surface area contributed by atoms with Gasteiger partial charge in [-0.05, 0) is 51.7 Å². The van der Waals surface area contributed by atoms with Gasteiger partial charge < -0.3 is 10.1 Å². The van der Waals surface area contributed by atoms with Crippen molar-refractivity contribution in [2.24, 2.45) is 0 Å². The monoisotopic (exact) mass is 302 g/mol. The van der Waals surface area contributed by atoms with Crippen LogP contribution in [-0.2, 0) is 11.3 Å². The SMILES string of the molecule is COCCCCn1nc(C(C)NC2CC2)c2ccc(C)nc21. The summed E-state index contributed by atoms with van der Waals surface area (Å²) >= 11 is 0. The van der Waals surface area contributed by atoms with E-state index in [2.05, 4.69) is 29.1 Å². The van der Waals surface area contributed by atoms with E-state index in [0.717, 1.165) is 43.0 Å². The molecule has 0 aromatic carbocycles. The summed E-state index contributed by atoms with van der Waals surface area (Å²) in [4.78, 5) is 4.71. The summed E-state index contributed by atoms with van der Waals surface area (Å²) in [6, 6.07) is 5.19. The standard InChI is InChI=1S/C17H26N4O/c1-12-6-9-15-16(13(2)19-14-7-8-14)20-21(17(15)18-12)10-4-5-11-22-3/h6,9,13-14,19H,4-5,7-8,10-11H2,1-3H3. The van der Waals surface area contributed by atoms with Gasteiger partial charge in [-0.25, -0.2) is 9.67 Å². The minimum Gasteiger partial charge on any atom is -0.385 e. The summed E-state index contributed by atoms with van der Waals surface area (Å²) in [5.41, 5.74) is 3.18. The number of unbranched alkanes of at least 4 members (excludes halogenated alkanes) is 1. The summed E-state index contributed by atoms with van der Waals surface area (Å²) in [7, 11) is 1.75. The van der Waals surface area contributed by atoms with Gasteiger partial charge in [0, 0.05) is 43.4 Å². The Morgan fingerprint density at radius 2 is 2.18 bits per heavy atom. The zero-order valence-corrected chi connectivity index (χ0v) is 13.8. The predicted octanol–water partition coefficient (Wildman–Crippen LogP) is 2.98. The molecule has 1 fully saturated rings. The van der Waals surface area contributed by atoms with Gasteiger partial charge >= 0.3 is 0 Å². The molecule has 22 heavy (non-hydrogen) atoms. The van der Waals surface area contributed by atoms with E-state index in [4.69, 9.17) is 14.8 Å². The number of nitrogens with zero attached hydrogens (tertiary/aromatic N) is 3. The van der Waals surface area contributed by atoms with Crippen LogP contribution in [0.4, 0.5) is 0 Å². The van der Waals surface area contributed by atoms with Crippen molar-refractivity contribution in [2.45, 2.75) is 58.2 Å². The highest BCUT2D eigenvalue weighted by Gasteiger charge is 2.26. The molecule has 1 unspecified atom stereocenters. The smallest absolute Gasteiger partial charge is 0.158 e. The van der Waals surface area contributed by atoms with Crippen molar-refractivity contribution < 1.29 is 4.74 Å². The van der Waals surface area contributed by atoms with Crippen LogP contribution < -0.4 is 5.32 Å². The van der Waals surface area contributed by atoms with Crippen LogP contribution in [0.25, 0.3) is 11.0 Å². The zero-order chi connectivity index (χ0) is 15.5. The topological polar surface area (TPSA) is 52.0 Å². The van der Waals surface area contributed by atoms with Crippen molar-refractivity contribution in [3.63, 3.8) is 0 Å². The highest BCUT2D eigenvalue weighted by atomic mass is 16.5. The lowest BCUT2D eigenvalue weighted by molar-refractivity contribution is 0.191. The minimum absolute atomic E-state index is 0.278. The van der Waals surface area contributed by atoms with Gasteiger partial charge in [0.15, 0.2) is 5.65 Å². The number of hydrogen-bond donors (Lipinski definition) is 1. The summed E-state index contributed by atoms with van der Waals surface area (Å²) in [5, 5.41) is 9.68. The molecular formula is C17H26N4O. The van der Waals surface area contributed by atoms with E-state index in [9.17, 15) is 0 Å². The molecule has 0 amide bonds. The lowest BCUT2D eigenvalue weighted by Gasteiger charge is -2.10. The van der Waals surface area contributed by atoms with Gasteiger partial charge in [-0.3, -0.25) is 0 Å². The molecule has 120 valence electrons. The fourth-order valence-electron chi connectivity index (χ4n) is 2.84. The summed E-state index contributed by atoms with van der Waals surface area (Å²) in [6.07, 6.45) is 4.69. The largest absolute Gasteiger partial charge is 0.385 e. The number of ether oxygens (including phenoxy) is 1. The van der Waals surface area contributed by atoms with Crippen LogP contribution in [0.15, 0.2) is 12.1 Å². The second-order valence-corrected chi connectivity index (χ2v) is 6.29. The molecule has 3 rings (SSSR count). The summed E-state index contributed by atoms with van der Waals surface area (Å²) in [5.74, 6) is 0. The quantitative estimate of drug-likeness (QED) is 0.762. The third-order valence-electron chi connectivity index (χ3n) is 4.20. The zero-order valence-electron chi connectivity index (χ0n) is 13.8. The summed E-state index contributed by atoms with van der Waals surface area (Å²) in [6.45, 7) is 5.94. The number of pyridine rings is 1. The first-order chi connectivity index (χ1) is 10.7. The van der Waals surface area contributed by atoms with Crippen LogP contribution in [0, 0.1) is 6.92 Å². The van der Waals surface area contributed by atoms with Crippen LogP contribution in [0.5, 0.6) is 0 Å². The maximum atomic E-state index is 5.13. The molecule has 2 heterocycles. The van der Waals surface area contributed by atoms with Crippen LogP contribution in [0.1, 0.15) is 50.0 Å². The van der Waals surface area contributed by atoms with E-state index in [0.29, 0.717) is 6.04 Å². The molecule has 2 aromatic rings. The molecule has 1 saturated carbocycles. The third-order valence-corrected chi connectivity index (χ3v) is 4.20. The number of aryl methyl sites for hydroxylation is 2. The normalized spacial score (nSPS) is 16.3. The molecule has 5 nitrogen and oxygen atoms in total. The predicted molar refractivity (Wildman–Crippen MR) is 87.9 cm³/mol. The van der Waals surface area contributed by atoms with Gasteiger partial charge in [0.25, 0.3) is 0 Å². The Bertz CT molecular complexity index is 633. The molecular weight excluding hydrogens is 276 g/mol. The van der Waals surface area contributed by atoms with Gasteiger partial charge in [-0.2, -0.15) is 5.10 Å². The number of aromatic nitrogens is 3. The van der Waals surface area contributed by atoms with Gasteiger partial charge in [-0.15, -0.1) is 0 Å². The van der Waals surface area contributed by atoms with Crippen molar-refractivity contribution in [1.29, 1.82) is 0 Å². The first-order valence-electron chi connectivity index (χ1n) is 8.28. The Hall–Kier alpha value is -1.46. The van der Waals surface area contributed by atoms with Crippen LogP contribution in [-0.4, -0.2) is 34.5 Å². The fourth-order valence-corrected chi connectivity index (χ4v) is 2.84. The Morgan fingerprint density at radius 3 is 2.91 bits per heavy atom. The fraction of sp³-hybridized carbons (Fsp3) is 0.647. The molecule has 5 heteroatoms. The van der Waals surface area contributed by atoms with Gasteiger partial charge in [0.05, 0.1) is 5.69 Å². The maximum absolute atomic E-state index is 5.13. The average molecular weight is 302 g/mol. The molecule has 1 atom stereocenters. The van der Waals surface area contributed by atoms with E-state index >= 15 is 0 Å². The lowest BCUT2D eigenvalue weighted by atomic mass is 10.1. The number of fused-ring (bicyclic) bond motifs is 1. The molecule has 0 saturated heterocycles. The molecule has 1 aliphatic carbocycles. The van der Waals surface area contributed by atoms with Crippen molar-refractivity contribution in [1.82, 2.24) is 20.1 Å². The van der Waals surface area contributed by atoms with Crippen molar-refractivity contribution in [3.05, 3.63) is 23.5 Å². The second-order valence-electron chi connectivity index (χ2n) is 6.29. The van der Waals surface area contributed by atoms with Crippen LogP contribution in [0.2, 0.25) is 0 Å². The van der Waals surface area contributed by atoms with Crippen molar-refractivity contribution in [3.8, 4) is 0 Å². The van der Waals surface area contributed by atoms with E-state index < -0.39 is 0 Å². The molecule has 1 N–H and O–H groups in total. The third kappa shape index (κ3) is 3.47. The molecule has 0 bridgehead atoms. The number of nitrogens with one attached hydrogen (secondary N) is 1. The summed E-state index contributed by atoms with van der Waals surface area (Å²) < 4.78 is 7.19. The minimum atomic E-state index is 0.278. The Balaban J connectivity index is 1.84. The maximum Gasteiger partial charge on any atom is 0.158 e. The Kier molecular flexibility index (Phi) is 4.74. The second kappa shape index (κ2) is 6.75. The Morgan fingerprint density at radius 1 is 1.36 bits per heavy atom. The van der Waals surface area contributed by atoms with E-state index in [1.54, 1.807) is 7.11 Å². The molecule has 1 aliphatic rings. The number of rotatable bonds is 8. The van der Waals surface area contributed by atoms with Crippen molar-refractivity contribution in [2.75, 3.05) is 13.7 Å². The number of hydrogen-bond acceptors (Lipinski definition) is 4. The molecule has 0 spiro atoms. The van der Waals surface area contributed by atoms with Gasteiger partial charge in [0.2, 0.25) is 0 Å². The Labute approximate surface area is 132 Å². The molecule has 0 aliphatic heterocycles. The van der Waals surface area contributed by atoms with Crippen molar-refractivity contribution >= 4 is 11.0 Å². The van der Waals surface area contributed by atoms with Gasteiger partial charge in [0.1, 0.15) is 0 Å². The average Bonchev–Trinajstić information content (AvgIpc) is 3.24. The van der Waals surface area contributed by atoms with E-state index in [1.807, 2.05) is 6.92 Å². The first kappa shape index (κ1) is 15.4. The number of methoxy groups -OCH3 is 1. The first-order valence-corrected chi connectivity index (χ1v) is 8.28. The highest BCUT2D eigenvalue weighted by molar-refractivity contribution is 5.79. The molecule has 2 aromatic heterocycles.